The molecule has 17 heavy (non-hydrogen) atoms. The number of rotatable bonds is 1. The normalized spacial score (nSPS) is 11.8. The van der Waals surface area contributed by atoms with Gasteiger partial charge in [0.05, 0.1) is 11.3 Å². The van der Waals surface area contributed by atoms with Gasteiger partial charge in [-0.25, -0.2) is 0 Å². The van der Waals surface area contributed by atoms with Crippen molar-refractivity contribution in [3.63, 3.8) is 0 Å². The summed E-state index contributed by atoms with van der Waals surface area (Å²) < 4.78 is 39.9. The number of benzene rings is 1. The van der Waals surface area contributed by atoms with Gasteiger partial charge in [0.25, 0.3) is 0 Å². The smallest absolute Gasteiger partial charge is 0.197 e. The first-order valence-electron chi connectivity index (χ1n) is 4.51. The lowest BCUT2D eigenvalue weighted by molar-refractivity contribution is -0.137. The number of nitrogens with zero attached hydrogens (tertiary/aromatic N) is 4. The zero-order valence-electron chi connectivity index (χ0n) is 8.53. The third kappa shape index (κ3) is 2.31. The summed E-state index contributed by atoms with van der Waals surface area (Å²) in [4.78, 5) is 0. The second-order valence-electron chi connectivity index (χ2n) is 3.30. The third-order valence-electron chi connectivity index (χ3n) is 2.12. The lowest BCUT2D eigenvalue weighted by Gasteiger charge is -2.13. The minimum absolute atomic E-state index is 0.0943. The molecule has 1 aromatic heterocycles. The first-order valence-corrected chi connectivity index (χ1v) is 5.31. The highest BCUT2D eigenvalue weighted by atomic mass is 79.9. The van der Waals surface area contributed by atoms with Crippen LogP contribution in [0.1, 0.15) is 11.4 Å². The van der Waals surface area contributed by atoms with Gasteiger partial charge in [0, 0.05) is 4.47 Å². The molecule has 0 radical (unpaired) electrons. The number of hydrogen-bond donors (Lipinski definition) is 0. The molecule has 2 aromatic rings. The number of halogens is 4. The molecule has 1 aromatic carbocycles. The maximum atomic E-state index is 12.8. The Labute approximate surface area is 103 Å². The standard InChI is InChI=1S/C9H6BrF3N4/c1-5-14-15-16-17(5)8-3-2-6(10)4-7(8)9(11,12)13/h2-4H,1H3. The minimum atomic E-state index is -4.46. The Bertz CT molecular complexity index is 549. The van der Waals surface area contributed by atoms with Crippen molar-refractivity contribution in [3.8, 4) is 5.69 Å². The molecule has 0 aliphatic carbocycles. The Balaban J connectivity index is 2.67. The number of aromatic nitrogens is 4. The number of aryl methyl sites for hydroxylation is 1. The van der Waals surface area contributed by atoms with Crippen molar-refractivity contribution in [2.75, 3.05) is 0 Å². The fraction of sp³-hybridized carbons (Fsp3) is 0.222. The van der Waals surface area contributed by atoms with Crippen LogP contribution < -0.4 is 0 Å². The molecule has 8 heteroatoms. The zero-order chi connectivity index (χ0) is 12.6. The Morgan fingerprint density at radius 1 is 1.29 bits per heavy atom. The summed E-state index contributed by atoms with van der Waals surface area (Å²) in [6.45, 7) is 1.53. The van der Waals surface area contributed by atoms with E-state index in [2.05, 4.69) is 31.5 Å². The Morgan fingerprint density at radius 2 is 2.00 bits per heavy atom. The summed E-state index contributed by atoms with van der Waals surface area (Å²) in [7, 11) is 0. The molecule has 0 aliphatic rings. The summed E-state index contributed by atoms with van der Waals surface area (Å²) in [5.41, 5.74) is -0.884. The molecule has 0 saturated heterocycles. The van der Waals surface area contributed by atoms with Crippen LogP contribution in [0.3, 0.4) is 0 Å². The molecule has 2 rings (SSSR count). The first-order chi connectivity index (χ1) is 7.89. The molecule has 0 aliphatic heterocycles. The monoisotopic (exact) mass is 306 g/mol. The number of tetrazole rings is 1. The van der Waals surface area contributed by atoms with Crippen molar-refractivity contribution in [1.82, 2.24) is 20.2 Å². The van der Waals surface area contributed by atoms with E-state index >= 15 is 0 Å². The Hall–Kier alpha value is -1.44. The fourth-order valence-electron chi connectivity index (χ4n) is 1.37. The van der Waals surface area contributed by atoms with Crippen LogP contribution in [0.4, 0.5) is 13.2 Å². The molecule has 0 spiro atoms. The van der Waals surface area contributed by atoms with Crippen molar-refractivity contribution < 1.29 is 13.2 Å². The quantitative estimate of drug-likeness (QED) is 0.813. The third-order valence-corrected chi connectivity index (χ3v) is 2.61. The van der Waals surface area contributed by atoms with E-state index < -0.39 is 11.7 Å². The molecule has 0 fully saturated rings. The van der Waals surface area contributed by atoms with Gasteiger partial charge >= 0.3 is 6.18 Å². The fourth-order valence-corrected chi connectivity index (χ4v) is 1.74. The van der Waals surface area contributed by atoms with E-state index in [-0.39, 0.29) is 11.5 Å². The maximum Gasteiger partial charge on any atom is 0.418 e. The molecule has 4 nitrogen and oxygen atoms in total. The van der Waals surface area contributed by atoms with Gasteiger partial charge in [-0.2, -0.15) is 17.9 Å². The molecular weight excluding hydrogens is 301 g/mol. The predicted molar refractivity (Wildman–Crippen MR) is 56.6 cm³/mol. The largest absolute Gasteiger partial charge is 0.418 e. The van der Waals surface area contributed by atoms with Crippen LogP contribution in [0.15, 0.2) is 22.7 Å². The van der Waals surface area contributed by atoms with E-state index in [4.69, 9.17) is 0 Å². The topological polar surface area (TPSA) is 43.6 Å². The van der Waals surface area contributed by atoms with Crippen LogP contribution in [0.25, 0.3) is 5.69 Å². The zero-order valence-corrected chi connectivity index (χ0v) is 10.1. The van der Waals surface area contributed by atoms with Crippen molar-refractivity contribution in [3.05, 3.63) is 34.1 Å². The van der Waals surface area contributed by atoms with Crippen LogP contribution >= 0.6 is 15.9 Å². The molecule has 0 unspecified atom stereocenters. The average Bonchev–Trinajstić information content (AvgIpc) is 2.63. The summed E-state index contributed by atoms with van der Waals surface area (Å²) >= 11 is 3.01. The van der Waals surface area contributed by atoms with E-state index in [0.29, 0.717) is 4.47 Å². The summed E-state index contributed by atoms with van der Waals surface area (Å²) in [6, 6.07) is 3.82. The van der Waals surface area contributed by atoms with Crippen LogP contribution in [0, 0.1) is 6.92 Å². The van der Waals surface area contributed by atoms with Crippen molar-refractivity contribution in [1.29, 1.82) is 0 Å². The lowest BCUT2D eigenvalue weighted by Crippen LogP contribution is -2.12. The van der Waals surface area contributed by atoms with Crippen LogP contribution in [-0.2, 0) is 6.18 Å². The molecular formula is C9H6BrF3N4. The summed E-state index contributed by atoms with van der Waals surface area (Å²) in [6.07, 6.45) is -4.46. The van der Waals surface area contributed by atoms with E-state index in [1.807, 2.05) is 0 Å². The predicted octanol–water partition coefficient (Wildman–Crippen LogP) is 2.75. The molecule has 0 atom stereocenters. The SMILES string of the molecule is Cc1nnnn1-c1ccc(Br)cc1C(F)(F)F. The van der Waals surface area contributed by atoms with E-state index in [1.54, 1.807) is 0 Å². The molecule has 90 valence electrons. The van der Waals surface area contributed by atoms with Gasteiger partial charge in [-0.15, -0.1) is 5.10 Å². The highest BCUT2D eigenvalue weighted by molar-refractivity contribution is 9.10. The summed E-state index contributed by atoms with van der Waals surface area (Å²) in [5.74, 6) is 0.290. The molecule has 1 heterocycles. The highest BCUT2D eigenvalue weighted by Crippen LogP contribution is 2.35. The first kappa shape index (κ1) is 12.0. The number of hydrogen-bond acceptors (Lipinski definition) is 3. The van der Waals surface area contributed by atoms with Crippen LogP contribution in [0.2, 0.25) is 0 Å². The van der Waals surface area contributed by atoms with E-state index in [0.717, 1.165) is 10.7 Å². The van der Waals surface area contributed by atoms with Crippen LogP contribution in [-0.4, -0.2) is 20.2 Å². The van der Waals surface area contributed by atoms with Gasteiger partial charge in [-0.3, -0.25) is 0 Å². The molecule has 0 N–H and O–H groups in total. The minimum Gasteiger partial charge on any atom is -0.197 e. The Kier molecular flexibility index (Phi) is 2.90. The van der Waals surface area contributed by atoms with Crippen molar-refractivity contribution in [2.45, 2.75) is 13.1 Å². The average molecular weight is 307 g/mol. The van der Waals surface area contributed by atoms with Gasteiger partial charge in [-0.05, 0) is 35.5 Å². The van der Waals surface area contributed by atoms with Crippen molar-refractivity contribution in [2.24, 2.45) is 0 Å². The lowest BCUT2D eigenvalue weighted by atomic mass is 10.1. The van der Waals surface area contributed by atoms with Crippen LogP contribution in [0.5, 0.6) is 0 Å². The van der Waals surface area contributed by atoms with E-state index in [1.165, 1.54) is 19.1 Å². The Morgan fingerprint density at radius 3 is 2.53 bits per heavy atom. The van der Waals surface area contributed by atoms with Gasteiger partial charge in [0.1, 0.15) is 0 Å². The van der Waals surface area contributed by atoms with Crippen molar-refractivity contribution >= 4 is 15.9 Å². The maximum absolute atomic E-state index is 12.8. The molecule has 0 amide bonds. The van der Waals surface area contributed by atoms with Gasteiger partial charge in [0.15, 0.2) is 5.82 Å². The van der Waals surface area contributed by atoms with Gasteiger partial charge in [-0.1, -0.05) is 15.9 Å². The van der Waals surface area contributed by atoms with Gasteiger partial charge in [0.2, 0.25) is 0 Å². The highest BCUT2D eigenvalue weighted by Gasteiger charge is 2.34. The summed E-state index contributed by atoms with van der Waals surface area (Å²) in [5, 5.41) is 10.4. The van der Waals surface area contributed by atoms with Gasteiger partial charge < -0.3 is 0 Å². The second kappa shape index (κ2) is 4.10. The molecule has 0 bridgehead atoms. The number of alkyl halides is 3. The molecule has 0 saturated carbocycles. The second-order valence-corrected chi connectivity index (χ2v) is 4.21. The van der Waals surface area contributed by atoms with E-state index in [9.17, 15) is 13.2 Å².